The van der Waals surface area contributed by atoms with Crippen LogP contribution in [0, 0.1) is 5.92 Å². The van der Waals surface area contributed by atoms with Crippen LogP contribution in [0.5, 0.6) is 11.5 Å². The standard InChI is InChI=1S/C26H35N5O2.CH4/c1-31(2)25-21-9-5-6-10-22(21)29-26(30-25)28-20-14-12-18(13-15-20)16-27-17-19-8-7-11-23(32-3)24(19)33-4;/h5-11,18,20,27H,12-17H2,1-4H3,(H,28,29,30);1H4. The van der Waals surface area contributed by atoms with Crippen molar-refractivity contribution in [3.8, 4) is 11.5 Å². The van der Waals surface area contributed by atoms with Crippen LogP contribution in [0.15, 0.2) is 42.5 Å². The van der Waals surface area contributed by atoms with Crippen LogP contribution in [0.4, 0.5) is 11.8 Å². The molecule has 184 valence electrons. The summed E-state index contributed by atoms with van der Waals surface area (Å²) in [5.41, 5.74) is 2.10. The maximum Gasteiger partial charge on any atom is 0.225 e. The van der Waals surface area contributed by atoms with Crippen LogP contribution in [0.3, 0.4) is 0 Å². The van der Waals surface area contributed by atoms with Crippen molar-refractivity contribution in [1.29, 1.82) is 0 Å². The third-order valence-electron chi connectivity index (χ3n) is 6.42. The zero-order valence-electron chi connectivity index (χ0n) is 20.1. The second-order valence-electron chi connectivity index (χ2n) is 8.93. The van der Waals surface area contributed by atoms with E-state index >= 15 is 0 Å². The number of anilines is 2. The van der Waals surface area contributed by atoms with Crippen LogP contribution in [0.1, 0.15) is 38.7 Å². The predicted molar refractivity (Wildman–Crippen MR) is 141 cm³/mol. The maximum absolute atomic E-state index is 5.54. The van der Waals surface area contributed by atoms with Gasteiger partial charge in [0.15, 0.2) is 11.5 Å². The quantitative estimate of drug-likeness (QED) is 0.455. The molecule has 4 rings (SSSR count). The Morgan fingerprint density at radius 1 is 0.941 bits per heavy atom. The van der Waals surface area contributed by atoms with E-state index in [1.807, 2.05) is 38.4 Å². The van der Waals surface area contributed by atoms with E-state index in [1.165, 1.54) is 12.8 Å². The van der Waals surface area contributed by atoms with Crippen LogP contribution < -0.4 is 25.0 Å². The Hall–Kier alpha value is -3.06. The Balaban J connectivity index is 0.00000324. The number of rotatable bonds is 9. The van der Waals surface area contributed by atoms with Crippen LogP contribution >= 0.6 is 0 Å². The van der Waals surface area contributed by atoms with Gasteiger partial charge >= 0.3 is 0 Å². The van der Waals surface area contributed by atoms with E-state index in [-0.39, 0.29) is 7.43 Å². The lowest BCUT2D eigenvalue weighted by Crippen LogP contribution is -2.31. The molecule has 1 heterocycles. The number of ether oxygens (including phenoxy) is 2. The minimum Gasteiger partial charge on any atom is -0.493 e. The number of nitrogens with one attached hydrogen (secondary N) is 2. The van der Waals surface area contributed by atoms with Crippen LogP contribution in [-0.4, -0.2) is 50.9 Å². The highest BCUT2D eigenvalue weighted by Gasteiger charge is 2.22. The molecule has 1 fully saturated rings. The average molecular weight is 466 g/mol. The number of hydrogen-bond acceptors (Lipinski definition) is 7. The van der Waals surface area contributed by atoms with E-state index in [4.69, 9.17) is 19.4 Å². The highest BCUT2D eigenvalue weighted by atomic mass is 16.5. The van der Waals surface area contributed by atoms with E-state index < -0.39 is 0 Å². The summed E-state index contributed by atoms with van der Waals surface area (Å²) >= 11 is 0. The molecule has 1 saturated carbocycles. The second-order valence-corrected chi connectivity index (χ2v) is 8.93. The van der Waals surface area contributed by atoms with Crippen LogP contribution in [0.2, 0.25) is 0 Å². The topological polar surface area (TPSA) is 71.5 Å². The highest BCUT2D eigenvalue weighted by Crippen LogP contribution is 2.31. The Morgan fingerprint density at radius 2 is 1.71 bits per heavy atom. The molecule has 0 spiro atoms. The van der Waals surface area contributed by atoms with E-state index in [1.54, 1.807) is 14.2 Å². The van der Waals surface area contributed by atoms with E-state index in [0.717, 1.165) is 65.7 Å². The largest absolute Gasteiger partial charge is 0.493 e. The van der Waals surface area contributed by atoms with Crippen molar-refractivity contribution in [2.75, 3.05) is 45.1 Å². The fourth-order valence-electron chi connectivity index (χ4n) is 4.66. The summed E-state index contributed by atoms with van der Waals surface area (Å²) in [5, 5.41) is 8.29. The van der Waals surface area contributed by atoms with Crippen molar-refractivity contribution in [2.24, 2.45) is 5.92 Å². The first-order valence-corrected chi connectivity index (χ1v) is 11.7. The fraction of sp³-hybridized carbons (Fsp3) is 0.481. The van der Waals surface area contributed by atoms with Gasteiger partial charge in [-0.1, -0.05) is 31.7 Å². The first kappa shape index (κ1) is 25.6. The summed E-state index contributed by atoms with van der Waals surface area (Å²) in [4.78, 5) is 11.6. The molecule has 0 bridgehead atoms. The molecule has 0 aliphatic heterocycles. The predicted octanol–water partition coefficient (Wildman–Crippen LogP) is 5.11. The Kier molecular flexibility index (Phi) is 8.93. The summed E-state index contributed by atoms with van der Waals surface area (Å²) in [6.45, 7) is 1.78. The van der Waals surface area contributed by atoms with Crippen molar-refractivity contribution in [3.05, 3.63) is 48.0 Å². The van der Waals surface area contributed by atoms with Crippen molar-refractivity contribution in [3.63, 3.8) is 0 Å². The zero-order valence-corrected chi connectivity index (χ0v) is 20.1. The summed E-state index contributed by atoms with van der Waals surface area (Å²) in [6.07, 6.45) is 4.63. The summed E-state index contributed by atoms with van der Waals surface area (Å²) < 4.78 is 10.9. The van der Waals surface area contributed by atoms with Gasteiger partial charge < -0.3 is 25.0 Å². The maximum atomic E-state index is 5.54. The van der Waals surface area contributed by atoms with Gasteiger partial charge in [-0.25, -0.2) is 4.98 Å². The minimum atomic E-state index is 0. The van der Waals surface area contributed by atoms with Gasteiger partial charge in [0.1, 0.15) is 5.82 Å². The molecule has 0 amide bonds. The lowest BCUT2D eigenvalue weighted by atomic mass is 9.86. The number of hydrogen-bond donors (Lipinski definition) is 2. The van der Waals surface area contributed by atoms with E-state index in [2.05, 4.69) is 33.7 Å². The molecule has 0 atom stereocenters. The van der Waals surface area contributed by atoms with Crippen molar-refractivity contribution >= 4 is 22.7 Å². The first-order chi connectivity index (χ1) is 16.1. The third-order valence-corrected chi connectivity index (χ3v) is 6.42. The van der Waals surface area contributed by atoms with Gasteiger partial charge in [-0.05, 0) is 56.3 Å². The molecule has 0 unspecified atom stereocenters. The number of methoxy groups -OCH3 is 2. The monoisotopic (exact) mass is 465 g/mol. The van der Waals surface area contributed by atoms with Gasteiger partial charge in [-0.2, -0.15) is 4.98 Å². The molecule has 7 heteroatoms. The van der Waals surface area contributed by atoms with Crippen LogP contribution in [-0.2, 0) is 6.54 Å². The lowest BCUT2D eigenvalue weighted by Gasteiger charge is -2.29. The summed E-state index contributed by atoms with van der Waals surface area (Å²) in [6, 6.07) is 14.6. The molecule has 34 heavy (non-hydrogen) atoms. The smallest absolute Gasteiger partial charge is 0.225 e. The number of fused-ring (bicyclic) bond motifs is 1. The van der Waals surface area contributed by atoms with Crippen LogP contribution in [0.25, 0.3) is 10.9 Å². The molecule has 0 saturated heterocycles. The van der Waals surface area contributed by atoms with E-state index in [9.17, 15) is 0 Å². The van der Waals surface area contributed by atoms with Crippen molar-refractivity contribution in [2.45, 2.75) is 45.7 Å². The Bertz CT molecular complexity index is 1060. The Morgan fingerprint density at radius 3 is 2.41 bits per heavy atom. The van der Waals surface area contributed by atoms with Gasteiger partial charge in [0.05, 0.1) is 19.7 Å². The second kappa shape index (κ2) is 11.9. The number of aromatic nitrogens is 2. The average Bonchev–Trinajstić information content (AvgIpc) is 2.84. The molecule has 1 aromatic heterocycles. The summed E-state index contributed by atoms with van der Waals surface area (Å²) in [7, 11) is 7.41. The molecule has 0 radical (unpaired) electrons. The van der Waals surface area contributed by atoms with Gasteiger partial charge in [0, 0.05) is 37.6 Å². The first-order valence-electron chi connectivity index (χ1n) is 11.7. The molecular weight excluding hydrogens is 426 g/mol. The summed E-state index contributed by atoms with van der Waals surface area (Å²) in [5.74, 6) is 3.94. The van der Waals surface area contributed by atoms with Gasteiger partial charge in [0.2, 0.25) is 5.95 Å². The fourth-order valence-corrected chi connectivity index (χ4v) is 4.66. The Labute approximate surface area is 203 Å². The van der Waals surface area contributed by atoms with E-state index in [0.29, 0.717) is 12.0 Å². The molecular formula is C27H39N5O2. The normalized spacial score (nSPS) is 17.6. The van der Waals surface area contributed by atoms with Gasteiger partial charge in [0.25, 0.3) is 0 Å². The van der Waals surface area contributed by atoms with Crippen molar-refractivity contribution < 1.29 is 9.47 Å². The van der Waals surface area contributed by atoms with Gasteiger partial charge in [-0.15, -0.1) is 0 Å². The van der Waals surface area contributed by atoms with Crippen molar-refractivity contribution in [1.82, 2.24) is 15.3 Å². The molecule has 1 aliphatic carbocycles. The lowest BCUT2D eigenvalue weighted by molar-refractivity contribution is 0.321. The zero-order chi connectivity index (χ0) is 23.2. The third kappa shape index (κ3) is 5.89. The molecule has 1 aliphatic rings. The number of nitrogens with zero attached hydrogens (tertiary/aromatic N) is 3. The molecule has 2 aromatic carbocycles. The number of benzene rings is 2. The molecule has 3 aromatic rings. The highest BCUT2D eigenvalue weighted by molar-refractivity contribution is 5.90. The SMILES string of the molecule is C.COc1cccc(CNCC2CCC(Nc3nc(N(C)C)c4ccccc4n3)CC2)c1OC. The molecule has 2 N–H and O–H groups in total. The minimum absolute atomic E-state index is 0. The van der Waals surface area contributed by atoms with Gasteiger partial charge in [-0.3, -0.25) is 0 Å². The number of para-hydroxylation sites is 2. The molecule has 7 nitrogen and oxygen atoms in total.